The van der Waals surface area contributed by atoms with Gasteiger partial charge in [0.15, 0.2) is 11.6 Å². The Bertz CT molecular complexity index is 827. The van der Waals surface area contributed by atoms with Crippen LogP contribution in [0.3, 0.4) is 0 Å². The Labute approximate surface area is 158 Å². The first-order valence-corrected chi connectivity index (χ1v) is 8.67. The number of carbonyl (C=O) groups excluding carboxylic acids is 1. The van der Waals surface area contributed by atoms with Crippen LogP contribution in [0.5, 0.6) is 5.75 Å². The van der Waals surface area contributed by atoms with Crippen LogP contribution >= 0.6 is 12.4 Å². The van der Waals surface area contributed by atoms with Crippen LogP contribution in [-0.4, -0.2) is 31.0 Å². The lowest BCUT2D eigenvalue weighted by Gasteiger charge is -2.32. The van der Waals surface area contributed by atoms with Crippen molar-refractivity contribution in [3.05, 3.63) is 58.9 Å². The zero-order valence-electron chi connectivity index (χ0n) is 14.6. The summed E-state index contributed by atoms with van der Waals surface area (Å²) in [6.07, 6.45) is 3.46. The van der Waals surface area contributed by atoms with Crippen molar-refractivity contribution < 1.29 is 13.9 Å². The van der Waals surface area contributed by atoms with E-state index in [4.69, 9.17) is 4.74 Å². The highest BCUT2D eigenvalue weighted by Gasteiger charge is 2.31. The fraction of sp³-hybridized carbons (Fsp3) is 0.350. The summed E-state index contributed by atoms with van der Waals surface area (Å²) >= 11 is 0. The van der Waals surface area contributed by atoms with Gasteiger partial charge in [-0.2, -0.15) is 0 Å². The SMILES string of the molecule is COc1ccc(C(=O)Nc2ccc3c(c2)C2CCCN2CC3)cc1F.Cl. The topological polar surface area (TPSA) is 41.6 Å². The number of carbonyl (C=O) groups is 1. The van der Waals surface area contributed by atoms with Gasteiger partial charge in [0.25, 0.3) is 5.91 Å². The molecule has 2 aliphatic heterocycles. The number of fused-ring (bicyclic) bond motifs is 3. The quantitative estimate of drug-likeness (QED) is 0.872. The lowest BCUT2D eigenvalue weighted by molar-refractivity contribution is 0.102. The number of anilines is 1. The molecule has 6 heteroatoms. The van der Waals surface area contributed by atoms with Gasteiger partial charge in [-0.15, -0.1) is 12.4 Å². The van der Waals surface area contributed by atoms with Crippen molar-refractivity contribution in [3.63, 3.8) is 0 Å². The molecule has 4 rings (SSSR count). The van der Waals surface area contributed by atoms with Crippen molar-refractivity contribution in [1.29, 1.82) is 0 Å². The summed E-state index contributed by atoms with van der Waals surface area (Å²) in [7, 11) is 1.40. The highest BCUT2D eigenvalue weighted by atomic mass is 35.5. The first kappa shape index (κ1) is 18.7. The number of halogens is 2. The number of nitrogens with one attached hydrogen (secondary N) is 1. The summed E-state index contributed by atoms with van der Waals surface area (Å²) in [5.74, 6) is -0.727. The fourth-order valence-corrected chi connectivity index (χ4v) is 3.93. The molecule has 0 saturated carbocycles. The zero-order chi connectivity index (χ0) is 17.4. The largest absolute Gasteiger partial charge is 0.494 e. The van der Waals surface area contributed by atoms with Crippen LogP contribution in [0, 0.1) is 5.82 Å². The molecule has 2 aliphatic rings. The first-order valence-electron chi connectivity index (χ1n) is 8.67. The third kappa shape index (κ3) is 3.41. The number of hydrogen-bond donors (Lipinski definition) is 1. The number of benzene rings is 2. The van der Waals surface area contributed by atoms with Crippen molar-refractivity contribution in [2.24, 2.45) is 0 Å². The number of amides is 1. The standard InChI is InChI=1S/C20H21FN2O2.ClH/c1-25-19-7-5-14(11-17(19)21)20(24)22-15-6-4-13-8-10-23-9-2-3-18(23)16(13)12-15;/h4-7,11-12,18H,2-3,8-10H2,1H3,(H,22,24);1H. The molecule has 0 spiro atoms. The van der Waals surface area contributed by atoms with Gasteiger partial charge in [-0.05, 0) is 67.3 Å². The maximum Gasteiger partial charge on any atom is 0.255 e. The van der Waals surface area contributed by atoms with Crippen LogP contribution in [0.15, 0.2) is 36.4 Å². The van der Waals surface area contributed by atoms with E-state index in [2.05, 4.69) is 22.3 Å². The Hall–Kier alpha value is -2.11. The van der Waals surface area contributed by atoms with Crippen LogP contribution < -0.4 is 10.1 Å². The highest BCUT2D eigenvalue weighted by molar-refractivity contribution is 6.04. The Morgan fingerprint density at radius 1 is 1.23 bits per heavy atom. The van der Waals surface area contributed by atoms with Gasteiger partial charge < -0.3 is 10.1 Å². The lowest BCUT2D eigenvalue weighted by atomic mass is 9.92. The van der Waals surface area contributed by atoms with Gasteiger partial charge in [-0.1, -0.05) is 6.07 Å². The normalized spacial score (nSPS) is 18.5. The predicted molar refractivity (Wildman–Crippen MR) is 102 cm³/mol. The molecule has 138 valence electrons. The van der Waals surface area contributed by atoms with Crippen molar-refractivity contribution in [3.8, 4) is 5.75 Å². The molecule has 2 aromatic carbocycles. The average Bonchev–Trinajstić information content (AvgIpc) is 3.11. The van der Waals surface area contributed by atoms with Gasteiger partial charge in [0.2, 0.25) is 0 Å². The van der Waals surface area contributed by atoms with E-state index in [9.17, 15) is 9.18 Å². The van der Waals surface area contributed by atoms with Gasteiger partial charge in [0.05, 0.1) is 7.11 Å². The van der Waals surface area contributed by atoms with Crippen LogP contribution in [0.4, 0.5) is 10.1 Å². The fourth-order valence-electron chi connectivity index (χ4n) is 3.93. The van der Waals surface area contributed by atoms with E-state index < -0.39 is 5.82 Å². The molecule has 1 N–H and O–H groups in total. The van der Waals surface area contributed by atoms with Crippen LogP contribution in [-0.2, 0) is 6.42 Å². The summed E-state index contributed by atoms with van der Waals surface area (Å²) in [5, 5.41) is 2.89. The van der Waals surface area contributed by atoms with E-state index in [0.29, 0.717) is 6.04 Å². The van der Waals surface area contributed by atoms with Gasteiger partial charge in [-0.3, -0.25) is 9.69 Å². The number of hydrogen-bond acceptors (Lipinski definition) is 3. The lowest BCUT2D eigenvalue weighted by Crippen LogP contribution is -2.31. The highest BCUT2D eigenvalue weighted by Crippen LogP contribution is 2.38. The third-order valence-electron chi connectivity index (χ3n) is 5.21. The number of nitrogens with zero attached hydrogens (tertiary/aromatic N) is 1. The summed E-state index contributed by atoms with van der Waals surface area (Å²) in [4.78, 5) is 15.0. The summed E-state index contributed by atoms with van der Waals surface area (Å²) in [6, 6.07) is 10.8. The molecule has 2 heterocycles. The molecule has 0 bridgehead atoms. The van der Waals surface area contributed by atoms with Crippen molar-refractivity contribution in [1.82, 2.24) is 4.90 Å². The molecule has 2 aromatic rings. The average molecular weight is 377 g/mol. The van der Waals surface area contributed by atoms with E-state index in [-0.39, 0.29) is 29.6 Å². The molecule has 0 aromatic heterocycles. The van der Waals surface area contributed by atoms with E-state index >= 15 is 0 Å². The van der Waals surface area contributed by atoms with Gasteiger partial charge in [0, 0.05) is 23.8 Å². The Balaban J connectivity index is 0.00000196. The number of ether oxygens (including phenoxy) is 1. The summed E-state index contributed by atoms with van der Waals surface area (Å²) in [6.45, 7) is 2.28. The molecule has 1 fully saturated rings. The second-order valence-electron chi connectivity index (χ2n) is 6.66. The third-order valence-corrected chi connectivity index (χ3v) is 5.21. The maximum absolute atomic E-state index is 13.8. The molecule has 0 radical (unpaired) electrons. The Morgan fingerprint density at radius 2 is 2.08 bits per heavy atom. The minimum Gasteiger partial charge on any atom is -0.494 e. The molecular weight excluding hydrogens is 355 g/mol. The van der Waals surface area contributed by atoms with Gasteiger partial charge in [0.1, 0.15) is 0 Å². The first-order chi connectivity index (χ1) is 12.2. The minimum absolute atomic E-state index is 0. The van der Waals surface area contributed by atoms with E-state index in [1.54, 1.807) is 6.07 Å². The molecule has 1 amide bonds. The molecule has 1 saturated heterocycles. The van der Waals surface area contributed by atoms with E-state index in [1.807, 2.05) is 6.07 Å². The number of rotatable bonds is 3. The molecular formula is C20H22ClFN2O2. The van der Waals surface area contributed by atoms with Crippen LogP contribution in [0.2, 0.25) is 0 Å². The molecule has 4 nitrogen and oxygen atoms in total. The zero-order valence-corrected chi connectivity index (χ0v) is 15.4. The Kier molecular flexibility index (Phi) is 5.49. The van der Waals surface area contributed by atoms with Crippen molar-refractivity contribution >= 4 is 24.0 Å². The second-order valence-corrected chi connectivity index (χ2v) is 6.66. The molecule has 26 heavy (non-hydrogen) atoms. The van der Waals surface area contributed by atoms with Crippen LogP contribution in [0.25, 0.3) is 0 Å². The summed E-state index contributed by atoms with van der Waals surface area (Å²) in [5.41, 5.74) is 3.73. The maximum atomic E-state index is 13.8. The van der Waals surface area contributed by atoms with Gasteiger partial charge >= 0.3 is 0 Å². The van der Waals surface area contributed by atoms with Crippen molar-refractivity contribution in [2.45, 2.75) is 25.3 Å². The van der Waals surface area contributed by atoms with Gasteiger partial charge in [-0.25, -0.2) is 4.39 Å². The second kappa shape index (κ2) is 7.64. The number of methoxy groups -OCH3 is 1. The smallest absolute Gasteiger partial charge is 0.255 e. The van der Waals surface area contributed by atoms with Crippen LogP contribution in [0.1, 0.15) is 40.4 Å². The minimum atomic E-state index is -0.540. The van der Waals surface area contributed by atoms with E-state index in [0.717, 1.165) is 25.2 Å². The summed E-state index contributed by atoms with van der Waals surface area (Å²) < 4.78 is 18.7. The molecule has 0 aliphatic carbocycles. The predicted octanol–water partition coefficient (Wildman–Crippen LogP) is 4.20. The molecule has 1 unspecified atom stereocenters. The molecule has 1 atom stereocenters. The van der Waals surface area contributed by atoms with E-state index in [1.165, 1.54) is 43.2 Å². The Morgan fingerprint density at radius 3 is 2.85 bits per heavy atom. The monoisotopic (exact) mass is 376 g/mol. The van der Waals surface area contributed by atoms with Crippen molar-refractivity contribution in [2.75, 3.05) is 25.5 Å².